The molecule has 14 nitrogen and oxygen atoms in total. The Balaban J connectivity index is 1.04. The van der Waals surface area contributed by atoms with Gasteiger partial charge in [0, 0.05) is 64.0 Å². The van der Waals surface area contributed by atoms with Crippen molar-refractivity contribution in [3.63, 3.8) is 0 Å². The number of carboxylic acids is 2. The van der Waals surface area contributed by atoms with E-state index in [0.29, 0.717) is 65.0 Å². The van der Waals surface area contributed by atoms with E-state index in [9.17, 15) is 34.2 Å². The zero-order valence-electron chi connectivity index (χ0n) is 33.9. The molecule has 0 aromatic heterocycles. The number of hydrogen-bond donors (Lipinski definition) is 3. The van der Waals surface area contributed by atoms with Crippen LogP contribution < -0.4 is 10.1 Å². The van der Waals surface area contributed by atoms with Crippen LogP contribution in [0.5, 0.6) is 5.75 Å². The van der Waals surface area contributed by atoms with Crippen LogP contribution in [0.15, 0.2) is 66.7 Å². The minimum atomic E-state index is -1.21. The van der Waals surface area contributed by atoms with Gasteiger partial charge < -0.3 is 39.7 Å². The number of para-hydroxylation sites is 1. The number of nitrogens with zero attached hydrogens (tertiary/aromatic N) is 4. The molecule has 0 bridgehead atoms. The molecule has 3 aromatic rings. The van der Waals surface area contributed by atoms with Crippen molar-refractivity contribution in [1.29, 1.82) is 0 Å². The van der Waals surface area contributed by atoms with Crippen LogP contribution in [0.1, 0.15) is 66.3 Å². The molecule has 3 aromatic carbocycles. The van der Waals surface area contributed by atoms with Gasteiger partial charge >= 0.3 is 24.1 Å². The number of aryl methyl sites for hydroxylation is 2. The monoisotopic (exact) mass is 809 g/mol. The summed E-state index contributed by atoms with van der Waals surface area (Å²) in [6, 6.07) is 21.4. The zero-order chi connectivity index (χ0) is 41.7. The first-order chi connectivity index (χ1) is 28.4. The van der Waals surface area contributed by atoms with E-state index in [2.05, 4.69) is 5.32 Å². The van der Waals surface area contributed by atoms with Crippen LogP contribution in [0.4, 0.5) is 15.3 Å². The molecular formula is C45H55N5O9. The van der Waals surface area contributed by atoms with Gasteiger partial charge in [-0.3, -0.25) is 19.3 Å². The molecule has 7 rings (SSSR count). The summed E-state index contributed by atoms with van der Waals surface area (Å²) in [5, 5.41) is 23.0. The van der Waals surface area contributed by atoms with Crippen molar-refractivity contribution >= 4 is 35.7 Å². The van der Waals surface area contributed by atoms with Gasteiger partial charge in [0.05, 0.1) is 5.92 Å². The standard InChI is InChI=1S/C45H55N5O9/c1-30-26-33(27-31(2)39(30)58-29-32-8-4-3-5-9-32)28-38(40(51)47-24-17-45(18-25-47,42(54)55)49-21-12-35(13-22-49)41(52)53)59-44(57)48-19-15-36(16-20-48)50-23-14-34-10-6-7-11-37(34)46-43(50)56/h3-11,26-27,35-36,38H,12-25,28-29H2,1-2H3,(H,46,56)(H,52,53)(H,54,55)/t38-/m1/s1. The number of ether oxygens (including phenoxy) is 2. The Morgan fingerprint density at radius 2 is 1.44 bits per heavy atom. The van der Waals surface area contributed by atoms with Crippen molar-refractivity contribution in [2.45, 2.75) is 89.5 Å². The number of carbonyl (C=O) groups excluding carboxylic acids is 3. The van der Waals surface area contributed by atoms with E-state index in [1.807, 2.05) is 90.4 Å². The highest BCUT2D eigenvalue weighted by molar-refractivity contribution is 5.91. The van der Waals surface area contributed by atoms with Gasteiger partial charge in [-0.2, -0.15) is 0 Å². The fourth-order valence-corrected chi connectivity index (χ4v) is 9.32. The lowest BCUT2D eigenvalue weighted by molar-refractivity contribution is -0.161. The van der Waals surface area contributed by atoms with Gasteiger partial charge in [-0.25, -0.2) is 9.59 Å². The summed E-state index contributed by atoms with van der Waals surface area (Å²) in [7, 11) is 0. The average Bonchev–Trinajstić information content (AvgIpc) is 3.41. The van der Waals surface area contributed by atoms with Gasteiger partial charge in [0.2, 0.25) is 0 Å². The van der Waals surface area contributed by atoms with Gasteiger partial charge in [0.15, 0.2) is 6.10 Å². The highest BCUT2D eigenvalue weighted by Crippen LogP contribution is 2.35. The highest BCUT2D eigenvalue weighted by Gasteiger charge is 2.49. The second-order valence-corrected chi connectivity index (χ2v) is 16.4. The fourth-order valence-electron chi connectivity index (χ4n) is 9.32. The van der Waals surface area contributed by atoms with E-state index in [1.165, 1.54) is 0 Å². The van der Waals surface area contributed by atoms with Crippen LogP contribution in [0.25, 0.3) is 0 Å². The van der Waals surface area contributed by atoms with Gasteiger partial charge in [-0.05, 0) is 92.7 Å². The summed E-state index contributed by atoms with van der Waals surface area (Å²) < 4.78 is 12.3. The molecule has 0 unspecified atom stereocenters. The maximum Gasteiger partial charge on any atom is 0.410 e. The first-order valence-electron chi connectivity index (χ1n) is 20.8. The van der Waals surface area contributed by atoms with E-state index in [0.717, 1.165) is 45.7 Å². The number of nitrogens with one attached hydrogen (secondary N) is 1. The van der Waals surface area contributed by atoms with Crippen molar-refractivity contribution in [2.75, 3.05) is 51.1 Å². The van der Waals surface area contributed by atoms with E-state index in [4.69, 9.17) is 9.47 Å². The molecule has 4 aliphatic heterocycles. The number of hydrogen-bond acceptors (Lipinski definition) is 8. The Kier molecular flexibility index (Phi) is 12.7. The molecule has 14 heteroatoms. The van der Waals surface area contributed by atoms with Crippen LogP contribution in [0.3, 0.4) is 0 Å². The summed E-state index contributed by atoms with van der Waals surface area (Å²) in [6.07, 6.45) is 1.26. The maximum atomic E-state index is 14.4. The molecule has 0 aliphatic carbocycles. The maximum absolute atomic E-state index is 14.4. The summed E-state index contributed by atoms with van der Waals surface area (Å²) in [5.41, 5.74) is 4.28. The first kappa shape index (κ1) is 41.5. The highest BCUT2D eigenvalue weighted by atomic mass is 16.6. The number of aliphatic carboxylic acids is 2. The van der Waals surface area contributed by atoms with Crippen molar-refractivity contribution in [3.05, 3.63) is 94.5 Å². The van der Waals surface area contributed by atoms with Crippen molar-refractivity contribution in [2.24, 2.45) is 5.92 Å². The first-order valence-corrected chi connectivity index (χ1v) is 20.8. The SMILES string of the molecule is Cc1cc(C[C@@H](OC(=O)N2CCC(N3CCc4ccccc4NC3=O)CC2)C(=O)N2CCC(C(=O)O)(N3CCC(C(=O)O)CC3)CC2)cc(C)c1OCc1ccccc1. The predicted molar refractivity (Wildman–Crippen MR) is 219 cm³/mol. The zero-order valence-corrected chi connectivity index (χ0v) is 33.9. The molecule has 3 saturated heterocycles. The molecule has 4 heterocycles. The largest absolute Gasteiger partial charge is 0.488 e. The molecule has 3 fully saturated rings. The molecular weight excluding hydrogens is 755 g/mol. The Hall–Kier alpha value is -5.63. The topological polar surface area (TPSA) is 169 Å². The second kappa shape index (κ2) is 18.1. The predicted octanol–water partition coefficient (Wildman–Crippen LogP) is 5.73. The summed E-state index contributed by atoms with van der Waals surface area (Å²) in [6.45, 7) is 6.59. The van der Waals surface area contributed by atoms with Gasteiger partial charge in [0.25, 0.3) is 5.91 Å². The molecule has 314 valence electrons. The van der Waals surface area contributed by atoms with Crippen LogP contribution in [0, 0.1) is 19.8 Å². The third-order valence-corrected chi connectivity index (χ3v) is 12.7. The molecule has 4 amide bonds. The van der Waals surface area contributed by atoms with Crippen LogP contribution in [-0.2, 0) is 38.6 Å². The second-order valence-electron chi connectivity index (χ2n) is 16.4. The lowest BCUT2D eigenvalue weighted by Gasteiger charge is -2.48. The van der Waals surface area contributed by atoms with Crippen molar-refractivity contribution in [1.82, 2.24) is 19.6 Å². The summed E-state index contributed by atoms with van der Waals surface area (Å²) in [5.74, 6) is -1.99. The minimum Gasteiger partial charge on any atom is -0.488 e. The Bertz CT molecular complexity index is 2000. The van der Waals surface area contributed by atoms with Gasteiger partial charge in [-0.15, -0.1) is 0 Å². The lowest BCUT2D eigenvalue weighted by atomic mass is 9.82. The minimum absolute atomic E-state index is 0.0582. The number of likely N-dealkylation sites (tertiary alicyclic amines) is 3. The lowest BCUT2D eigenvalue weighted by Crippen LogP contribution is -2.63. The number of anilines is 1. The number of benzene rings is 3. The number of urea groups is 1. The van der Waals surface area contributed by atoms with Crippen LogP contribution in [-0.4, -0.2) is 123 Å². The van der Waals surface area contributed by atoms with E-state index >= 15 is 0 Å². The Morgan fingerprint density at radius 3 is 2.08 bits per heavy atom. The van der Waals surface area contributed by atoms with Crippen molar-refractivity contribution < 1.29 is 43.7 Å². The summed E-state index contributed by atoms with van der Waals surface area (Å²) >= 11 is 0. The van der Waals surface area contributed by atoms with Crippen molar-refractivity contribution in [3.8, 4) is 5.75 Å². The number of carbonyl (C=O) groups is 5. The van der Waals surface area contributed by atoms with Crippen LogP contribution >= 0.6 is 0 Å². The quantitative estimate of drug-likeness (QED) is 0.218. The smallest absolute Gasteiger partial charge is 0.410 e. The molecule has 0 saturated carbocycles. The fraction of sp³-hybridized carbons (Fsp3) is 0.489. The number of fused-ring (bicyclic) bond motifs is 1. The number of carboxylic acid groups (broad SMARTS) is 2. The molecule has 59 heavy (non-hydrogen) atoms. The third-order valence-electron chi connectivity index (χ3n) is 12.7. The molecule has 1 atom stereocenters. The molecule has 4 aliphatic rings. The average molecular weight is 810 g/mol. The number of rotatable bonds is 11. The normalized spacial score (nSPS) is 19.6. The number of amides is 4. The molecule has 0 spiro atoms. The van der Waals surface area contributed by atoms with E-state index < -0.39 is 41.5 Å². The van der Waals surface area contributed by atoms with Gasteiger partial charge in [-0.1, -0.05) is 60.7 Å². The third kappa shape index (κ3) is 9.32. The summed E-state index contributed by atoms with van der Waals surface area (Å²) in [4.78, 5) is 72.9. The van der Waals surface area contributed by atoms with E-state index in [1.54, 1.807) is 9.80 Å². The van der Waals surface area contributed by atoms with E-state index in [-0.39, 0.29) is 44.4 Å². The molecule has 0 radical (unpaired) electrons. The van der Waals surface area contributed by atoms with Gasteiger partial charge in [0.1, 0.15) is 17.9 Å². The Labute approximate surface area is 345 Å². The molecule has 3 N–H and O–H groups in total. The Morgan fingerprint density at radius 1 is 0.797 bits per heavy atom. The van der Waals surface area contributed by atoms with Crippen LogP contribution in [0.2, 0.25) is 0 Å². The number of piperidine rings is 3.